The zero-order valence-corrected chi connectivity index (χ0v) is 19.5. The van der Waals surface area contributed by atoms with Crippen LogP contribution in [0.3, 0.4) is 0 Å². The Morgan fingerprint density at radius 2 is 1.08 bits per heavy atom. The number of nitrogens with zero attached hydrogens (tertiary/aromatic N) is 6. The van der Waals surface area contributed by atoms with E-state index in [9.17, 15) is 20.2 Å². The molecule has 2 aromatic carbocycles. The summed E-state index contributed by atoms with van der Waals surface area (Å²) < 4.78 is 13.5. The van der Waals surface area contributed by atoms with Crippen molar-refractivity contribution >= 4 is 23.8 Å². The molecule has 0 unspecified atom stereocenters. The molecule has 4 rings (SSSR count). The van der Waals surface area contributed by atoms with Gasteiger partial charge in [0.05, 0.1) is 27.3 Å². The van der Waals surface area contributed by atoms with E-state index in [1.807, 2.05) is 24.3 Å². The number of hydrogen-bond acceptors (Lipinski definition) is 8. The smallest absolute Gasteiger partial charge is 0.389 e. The molecule has 0 saturated carbocycles. The predicted molar refractivity (Wildman–Crippen MR) is 131 cm³/mol. The molecular weight excluding hydrogens is 468 g/mol. The minimum absolute atomic E-state index is 0.197. The van der Waals surface area contributed by atoms with Crippen LogP contribution in [0.4, 0.5) is 11.6 Å². The fourth-order valence-corrected chi connectivity index (χ4v) is 3.65. The van der Waals surface area contributed by atoms with E-state index in [-0.39, 0.29) is 23.0 Å². The standard InChI is InChI=1S/C24H22N6O6/c1-35-19-7-3-17(4-8-19)13-27-15-25-23(29(31)32)21(27)11-12-22-24(30(33)34)26-16-28(22)14-18-5-9-20(36-2)10-6-18/h3-12,15-16H,13-14H2,1-2H3/b12-11-. The fraction of sp³-hybridized carbons (Fsp3) is 0.167. The maximum Gasteiger partial charge on any atom is 0.389 e. The average molecular weight is 490 g/mol. The minimum atomic E-state index is -0.590. The molecule has 0 aliphatic carbocycles. The van der Waals surface area contributed by atoms with Gasteiger partial charge >= 0.3 is 11.6 Å². The highest BCUT2D eigenvalue weighted by molar-refractivity contribution is 5.73. The van der Waals surface area contributed by atoms with Gasteiger partial charge in [-0.15, -0.1) is 0 Å². The van der Waals surface area contributed by atoms with Crippen LogP contribution >= 0.6 is 0 Å². The molecule has 184 valence electrons. The summed E-state index contributed by atoms with van der Waals surface area (Å²) in [7, 11) is 3.13. The molecule has 0 aliphatic rings. The second-order valence-corrected chi connectivity index (χ2v) is 7.71. The Morgan fingerprint density at radius 1 is 0.722 bits per heavy atom. The van der Waals surface area contributed by atoms with Crippen molar-refractivity contribution in [1.82, 2.24) is 19.1 Å². The lowest BCUT2D eigenvalue weighted by Gasteiger charge is -2.07. The van der Waals surface area contributed by atoms with Crippen LogP contribution in [0.2, 0.25) is 0 Å². The molecule has 0 radical (unpaired) electrons. The van der Waals surface area contributed by atoms with Crippen LogP contribution in [0.5, 0.6) is 11.5 Å². The number of rotatable bonds is 10. The largest absolute Gasteiger partial charge is 0.497 e. The van der Waals surface area contributed by atoms with Crippen molar-refractivity contribution in [3.8, 4) is 11.5 Å². The van der Waals surface area contributed by atoms with Crippen molar-refractivity contribution in [2.75, 3.05) is 14.2 Å². The monoisotopic (exact) mass is 490 g/mol. The zero-order chi connectivity index (χ0) is 25.7. The Kier molecular flexibility index (Phi) is 7.04. The molecular formula is C24H22N6O6. The van der Waals surface area contributed by atoms with Gasteiger partial charge in [-0.25, -0.2) is 0 Å². The molecule has 0 spiro atoms. The van der Waals surface area contributed by atoms with Crippen LogP contribution in [0, 0.1) is 20.2 Å². The van der Waals surface area contributed by atoms with Gasteiger partial charge in [-0.3, -0.25) is 9.13 Å². The maximum atomic E-state index is 11.6. The second kappa shape index (κ2) is 10.5. The highest BCUT2D eigenvalue weighted by Crippen LogP contribution is 2.25. The summed E-state index contributed by atoms with van der Waals surface area (Å²) in [5.74, 6) is 0.660. The molecule has 0 N–H and O–H groups in total. The molecule has 4 aromatic rings. The molecule has 0 saturated heterocycles. The second-order valence-electron chi connectivity index (χ2n) is 7.71. The molecule has 0 amide bonds. The Hall–Kier alpha value is -5.00. The Morgan fingerprint density at radius 3 is 1.39 bits per heavy atom. The van der Waals surface area contributed by atoms with Gasteiger partial charge in [0.2, 0.25) is 12.7 Å². The van der Waals surface area contributed by atoms with Crippen molar-refractivity contribution in [3.05, 3.63) is 104 Å². The van der Waals surface area contributed by atoms with Crippen LogP contribution in [0.15, 0.2) is 61.2 Å². The van der Waals surface area contributed by atoms with Crippen molar-refractivity contribution < 1.29 is 19.3 Å². The summed E-state index contributed by atoms with van der Waals surface area (Å²) in [5, 5.41) is 23.2. The lowest BCUT2D eigenvalue weighted by Crippen LogP contribution is -2.03. The van der Waals surface area contributed by atoms with Crippen LogP contribution in [0.25, 0.3) is 12.2 Å². The molecule has 12 heteroatoms. The van der Waals surface area contributed by atoms with Crippen LogP contribution in [-0.2, 0) is 13.1 Å². The average Bonchev–Trinajstić information content (AvgIpc) is 3.47. The molecule has 36 heavy (non-hydrogen) atoms. The molecule has 0 fully saturated rings. The van der Waals surface area contributed by atoms with E-state index in [0.29, 0.717) is 24.6 Å². The van der Waals surface area contributed by atoms with Crippen molar-refractivity contribution in [1.29, 1.82) is 0 Å². The summed E-state index contributed by atoms with van der Waals surface area (Å²) in [6, 6.07) is 14.5. The van der Waals surface area contributed by atoms with Gasteiger partial charge in [0.15, 0.2) is 0 Å². The van der Waals surface area contributed by atoms with Gasteiger partial charge < -0.3 is 29.7 Å². The first-order valence-electron chi connectivity index (χ1n) is 10.7. The zero-order valence-electron chi connectivity index (χ0n) is 19.5. The number of imidazole rings is 2. The molecule has 0 aliphatic heterocycles. The minimum Gasteiger partial charge on any atom is -0.497 e. The summed E-state index contributed by atoms with van der Waals surface area (Å²) in [4.78, 5) is 29.9. The van der Waals surface area contributed by atoms with Crippen LogP contribution < -0.4 is 9.47 Å². The Labute approximate surface area is 205 Å². The van der Waals surface area contributed by atoms with Crippen molar-refractivity contribution in [2.24, 2.45) is 0 Å². The first-order chi connectivity index (χ1) is 17.4. The van der Waals surface area contributed by atoms with E-state index in [1.54, 1.807) is 47.6 Å². The van der Waals surface area contributed by atoms with E-state index in [2.05, 4.69) is 9.97 Å². The van der Waals surface area contributed by atoms with Crippen LogP contribution in [-0.4, -0.2) is 43.2 Å². The Bertz CT molecular complexity index is 1300. The maximum absolute atomic E-state index is 11.6. The highest BCUT2D eigenvalue weighted by Gasteiger charge is 2.23. The van der Waals surface area contributed by atoms with Gasteiger partial charge in [-0.2, -0.15) is 0 Å². The van der Waals surface area contributed by atoms with E-state index >= 15 is 0 Å². The quantitative estimate of drug-likeness (QED) is 0.238. The molecule has 2 heterocycles. The van der Waals surface area contributed by atoms with E-state index in [4.69, 9.17) is 9.47 Å². The molecule has 0 bridgehead atoms. The SMILES string of the molecule is COc1ccc(Cn2cnc([N+](=O)[O-])c2/C=C\c2c([N+](=O)[O-])ncn2Cc2ccc(OC)cc2)cc1. The molecule has 12 nitrogen and oxygen atoms in total. The first-order valence-corrected chi connectivity index (χ1v) is 10.7. The first kappa shape index (κ1) is 24.1. The lowest BCUT2D eigenvalue weighted by molar-refractivity contribution is -0.389. The Balaban J connectivity index is 1.68. The lowest BCUT2D eigenvalue weighted by atomic mass is 10.2. The van der Waals surface area contributed by atoms with Crippen LogP contribution in [0.1, 0.15) is 22.5 Å². The highest BCUT2D eigenvalue weighted by atomic mass is 16.6. The van der Waals surface area contributed by atoms with E-state index in [0.717, 1.165) is 11.1 Å². The predicted octanol–water partition coefficient (Wildman–Crippen LogP) is 4.18. The van der Waals surface area contributed by atoms with E-state index < -0.39 is 9.85 Å². The van der Waals surface area contributed by atoms with Gasteiger partial charge in [0.25, 0.3) is 0 Å². The third-order valence-electron chi connectivity index (χ3n) is 5.48. The van der Waals surface area contributed by atoms with Gasteiger partial charge in [-0.05, 0) is 67.4 Å². The number of ether oxygens (including phenoxy) is 2. The number of aromatic nitrogens is 4. The normalized spacial score (nSPS) is 11.1. The number of nitro groups is 2. The van der Waals surface area contributed by atoms with Crippen molar-refractivity contribution in [3.63, 3.8) is 0 Å². The van der Waals surface area contributed by atoms with Gasteiger partial charge in [0, 0.05) is 0 Å². The van der Waals surface area contributed by atoms with Crippen molar-refractivity contribution in [2.45, 2.75) is 13.1 Å². The van der Waals surface area contributed by atoms with Gasteiger partial charge in [0.1, 0.15) is 22.9 Å². The fourth-order valence-electron chi connectivity index (χ4n) is 3.65. The summed E-state index contributed by atoms with van der Waals surface area (Å²) in [6.45, 7) is 0.607. The summed E-state index contributed by atoms with van der Waals surface area (Å²) in [6.07, 6.45) is 5.63. The molecule has 0 atom stereocenters. The number of benzene rings is 2. The van der Waals surface area contributed by atoms with Gasteiger partial charge in [-0.1, -0.05) is 24.3 Å². The molecule has 2 aromatic heterocycles. The third-order valence-corrected chi connectivity index (χ3v) is 5.48. The third kappa shape index (κ3) is 5.22. The van der Waals surface area contributed by atoms with E-state index in [1.165, 1.54) is 24.8 Å². The summed E-state index contributed by atoms with van der Waals surface area (Å²) >= 11 is 0. The number of methoxy groups -OCH3 is 2. The topological polar surface area (TPSA) is 140 Å². The summed E-state index contributed by atoms with van der Waals surface area (Å²) in [5.41, 5.74) is 2.13. The number of hydrogen-bond donors (Lipinski definition) is 0.